The van der Waals surface area contributed by atoms with Crippen LogP contribution in [0, 0.1) is 0 Å². The summed E-state index contributed by atoms with van der Waals surface area (Å²) in [5.41, 5.74) is 0.838. The Hall–Kier alpha value is -1.80. The smallest absolute Gasteiger partial charge is 0.247 e. The lowest BCUT2D eigenvalue weighted by atomic mass is 10.2. The predicted molar refractivity (Wildman–Crippen MR) is 88.9 cm³/mol. The Balaban J connectivity index is 1.62. The van der Waals surface area contributed by atoms with E-state index in [0.717, 1.165) is 17.1 Å². The van der Waals surface area contributed by atoms with Crippen LogP contribution in [0.2, 0.25) is 0 Å². The Bertz CT molecular complexity index is 697. The van der Waals surface area contributed by atoms with Gasteiger partial charge in [-0.15, -0.1) is 21.5 Å². The molecule has 0 spiro atoms. The summed E-state index contributed by atoms with van der Waals surface area (Å²) >= 11 is 1.60. The van der Waals surface area contributed by atoms with Gasteiger partial charge in [0.05, 0.1) is 30.3 Å². The highest BCUT2D eigenvalue weighted by Crippen LogP contribution is 2.24. The van der Waals surface area contributed by atoms with Crippen LogP contribution >= 0.6 is 11.3 Å². The quantitative estimate of drug-likeness (QED) is 0.823. The molecule has 2 aromatic rings. The van der Waals surface area contributed by atoms with Crippen LogP contribution < -0.4 is 0 Å². The van der Waals surface area contributed by atoms with Crippen molar-refractivity contribution in [2.45, 2.75) is 45.6 Å². The van der Waals surface area contributed by atoms with Crippen LogP contribution in [0.3, 0.4) is 0 Å². The highest BCUT2D eigenvalue weighted by atomic mass is 32.1. The standard InChI is InChI=1S/C16H22N4O3S/c1-4-13-17-11(9-24-13)7-14(21)20-5-6-22-12(8-20)16-19-18-15(23-16)10(2)3/h9-10,12H,4-8H2,1-3H3. The molecule has 1 saturated heterocycles. The number of rotatable bonds is 5. The monoisotopic (exact) mass is 350 g/mol. The lowest BCUT2D eigenvalue weighted by molar-refractivity contribution is -0.139. The van der Waals surface area contributed by atoms with Gasteiger partial charge < -0.3 is 14.1 Å². The zero-order valence-corrected chi connectivity index (χ0v) is 15.0. The van der Waals surface area contributed by atoms with Gasteiger partial charge in [0.15, 0.2) is 6.10 Å². The van der Waals surface area contributed by atoms with Gasteiger partial charge in [-0.25, -0.2) is 4.98 Å². The first-order valence-electron chi connectivity index (χ1n) is 8.22. The average Bonchev–Trinajstić information content (AvgIpc) is 3.24. The Labute approximate surface area is 145 Å². The Kier molecular flexibility index (Phi) is 5.25. The van der Waals surface area contributed by atoms with E-state index in [2.05, 4.69) is 22.1 Å². The van der Waals surface area contributed by atoms with Gasteiger partial charge in [0.1, 0.15) is 0 Å². The topological polar surface area (TPSA) is 81.4 Å². The van der Waals surface area contributed by atoms with Crippen molar-refractivity contribution < 1.29 is 13.9 Å². The van der Waals surface area contributed by atoms with E-state index >= 15 is 0 Å². The van der Waals surface area contributed by atoms with Gasteiger partial charge >= 0.3 is 0 Å². The Morgan fingerprint density at radius 3 is 2.96 bits per heavy atom. The predicted octanol–water partition coefficient (Wildman–Crippen LogP) is 2.35. The molecule has 1 aliphatic rings. The van der Waals surface area contributed by atoms with Crippen molar-refractivity contribution >= 4 is 17.2 Å². The molecule has 1 atom stereocenters. The molecule has 3 rings (SSSR count). The third-order valence-electron chi connectivity index (χ3n) is 3.88. The minimum Gasteiger partial charge on any atom is -0.422 e. The van der Waals surface area contributed by atoms with Gasteiger partial charge in [0.25, 0.3) is 0 Å². The zero-order valence-electron chi connectivity index (χ0n) is 14.2. The molecule has 0 N–H and O–H groups in total. The van der Waals surface area contributed by atoms with Crippen LogP contribution in [0.4, 0.5) is 0 Å². The summed E-state index contributed by atoms with van der Waals surface area (Å²) in [5.74, 6) is 1.26. The first-order valence-corrected chi connectivity index (χ1v) is 9.10. The lowest BCUT2D eigenvalue weighted by Crippen LogP contribution is -2.43. The van der Waals surface area contributed by atoms with Gasteiger partial charge in [-0.2, -0.15) is 0 Å². The SMILES string of the molecule is CCc1nc(CC(=O)N2CCOC(c3nnc(C(C)C)o3)C2)cs1. The fraction of sp³-hybridized carbons (Fsp3) is 0.625. The number of aromatic nitrogens is 3. The second kappa shape index (κ2) is 7.40. The van der Waals surface area contributed by atoms with Gasteiger partial charge in [-0.1, -0.05) is 20.8 Å². The molecule has 2 aromatic heterocycles. The Morgan fingerprint density at radius 2 is 2.29 bits per heavy atom. The molecule has 7 nitrogen and oxygen atoms in total. The number of morpholine rings is 1. The zero-order chi connectivity index (χ0) is 17.1. The van der Waals surface area contributed by atoms with Crippen LogP contribution in [0.25, 0.3) is 0 Å². The highest BCUT2D eigenvalue weighted by Gasteiger charge is 2.29. The van der Waals surface area contributed by atoms with Gasteiger partial charge in [0.2, 0.25) is 17.7 Å². The third-order valence-corrected chi connectivity index (χ3v) is 4.92. The van der Waals surface area contributed by atoms with E-state index in [1.54, 1.807) is 16.2 Å². The normalized spacial score (nSPS) is 18.3. The highest BCUT2D eigenvalue weighted by molar-refractivity contribution is 7.09. The van der Waals surface area contributed by atoms with E-state index in [4.69, 9.17) is 9.15 Å². The number of thiazole rings is 1. The maximum Gasteiger partial charge on any atom is 0.247 e. The van der Waals surface area contributed by atoms with E-state index < -0.39 is 0 Å². The van der Waals surface area contributed by atoms with E-state index in [1.165, 1.54) is 0 Å². The molecule has 1 aliphatic heterocycles. The summed E-state index contributed by atoms with van der Waals surface area (Å²) in [6, 6.07) is 0. The van der Waals surface area contributed by atoms with Crippen molar-refractivity contribution in [2.75, 3.05) is 19.7 Å². The van der Waals surface area contributed by atoms with Crippen molar-refractivity contribution in [1.82, 2.24) is 20.1 Å². The molecule has 1 amide bonds. The largest absolute Gasteiger partial charge is 0.422 e. The first kappa shape index (κ1) is 17.0. The molecule has 3 heterocycles. The molecular weight excluding hydrogens is 328 g/mol. The van der Waals surface area contributed by atoms with Crippen LogP contribution in [0.15, 0.2) is 9.80 Å². The summed E-state index contributed by atoms with van der Waals surface area (Å²) < 4.78 is 11.4. The van der Waals surface area contributed by atoms with E-state index in [1.807, 2.05) is 19.2 Å². The van der Waals surface area contributed by atoms with Gasteiger partial charge in [-0.05, 0) is 6.42 Å². The number of carbonyl (C=O) groups is 1. The molecule has 0 bridgehead atoms. The second-order valence-corrected chi connectivity index (χ2v) is 7.04. The number of aryl methyl sites for hydroxylation is 1. The summed E-state index contributed by atoms with van der Waals surface area (Å²) in [7, 11) is 0. The number of carbonyl (C=O) groups excluding carboxylic acids is 1. The van der Waals surface area contributed by atoms with Gasteiger partial charge in [-0.3, -0.25) is 4.79 Å². The van der Waals surface area contributed by atoms with E-state index in [9.17, 15) is 4.79 Å². The molecule has 1 fully saturated rings. The first-order chi connectivity index (χ1) is 11.6. The van der Waals surface area contributed by atoms with Gasteiger partial charge in [0, 0.05) is 17.8 Å². The summed E-state index contributed by atoms with van der Waals surface area (Å²) in [4.78, 5) is 18.8. The molecule has 1 unspecified atom stereocenters. The average molecular weight is 350 g/mol. The van der Waals surface area contributed by atoms with Crippen LogP contribution in [-0.4, -0.2) is 45.7 Å². The maximum absolute atomic E-state index is 12.5. The molecule has 0 radical (unpaired) electrons. The van der Waals surface area contributed by atoms with Crippen LogP contribution in [0.1, 0.15) is 55.3 Å². The van der Waals surface area contributed by atoms with Crippen LogP contribution in [0.5, 0.6) is 0 Å². The fourth-order valence-corrected chi connectivity index (χ4v) is 3.24. The minimum atomic E-state index is -0.357. The number of ether oxygens (including phenoxy) is 1. The number of hydrogen-bond donors (Lipinski definition) is 0. The van der Waals surface area contributed by atoms with Crippen molar-refractivity contribution in [3.8, 4) is 0 Å². The van der Waals surface area contributed by atoms with E-state index in [0.29, 0.717) is 37.9 Å². The number of hydrogen-bond acceptors (Lipinski definition) is 7. The molecule has 24 heavy (non-hydrogen) atoms. The van der Waals surface area contributed by atoms with Crippen molar-refractivity contribution in [1.29, 1.82) is 0 Å². The summed E-state index contributed by atoms with van der Waals surface area (Å²) in [5, 5.41) is 11.1. The molecule has 0 saturated carbocycles. The van der Waals surface area contributed by atoms with Crippen LogP contribution in [-0.2, 0) is 22.4 Å². The molecule has 0 aromatic carbocycles. The number of amides is 1. The summed E-state index contributed by atoms with van der Waals surface area (Å²) in [6.07, 6.45) is 0.863. The molecule has 130 valence electrons. The second-order valence-electron chi connectivity index (χ2n) is 6.10. The van der Waals surface area contributed by atoms with Crippen molar-refractivity contribution in [3.63, 3.8) is 0 Å². The molecule has 0 aliphatic carbocycles. The third kappa shape index (κ3) is 3.81. The van der Waals surface area contributed by atoms with Crippen molar-refractivity contribution in [3.05, 3.63) is 27.9 Å². The minimum absolute atomic E-state index is 0.0554. The molecule has 8 heteroatoms. The summed E-state index contributed by atoms with van der Waals surface area (Å²) in [6.45, 7) is 7.52. The Morgan fingerprint density at radius 1 is 1.46 bits per heavy atom. The molecular formula is C16H22N4O3S. The van der Waals surface area contributed by atoms with Crippen molar-refractivity contribution in [2.24, 2.45) is 0 Å². The fourth-order valence-electron chi connectivity index (χ4n) is 2.49. The van der Waals surface area contributed by atoms with E-state index in [-0.39, 0.29) is 17.9 Å². The maximum atomic E-state index is 12.5. The number of nitrogens with zero attached hydrogens (tertiary/aromatic N) is 4. The lowest BCUT2D eigenvalue weighted by Gasteiger charge is -2.31.